The van der Waals surface area contributed by atoms with Crippen molar-refractivity contribution in [2.24, 2.45) is 0 Å². The quantitative estimate of drug-likeness (QED) is 0.861. The van der Waals surface area contributed by atoms with Gasteiger partial charge in [0.2, 0.25) is 0 Å². The zero-order valence-corrected chi connectivity index (χ0v) is 11.0. The Kier molecular flexibility index (Phi) is 4.44. The lowest BCUT2D eigenvalue weighted by Crippen LogP contribution is -2.46. The van der Waals surface area contributed by atoms with Crippen LogP contribution in [0.15, 0.2) is 24.3 Å². The molecule has 0 fully saturated rings. The highest BCUT2D eigenvalue weighted by molar-refractivity contribution is 5.40. The molecule has 0 aromatic heterocycles. The highest BCUT2D eigenvalue weighted by Crippen LogP contribution is 2.31. The molecule has 1 aromatic rings. The summed E-state index contributed by atoms with van der Waals surface area (Å²) in [6, 6.07) is 7.56. The Morgan fingerprint density at radius 1 is 1.28 bits per heavy atom. The van der Waals surface area contributed by atoms with Gasteiger partial charge in [0.05, 0.1) is 0 Å². The van der Waals surface area contributed by atoms with Gasteiger partial charge in [-0.2, -0.15) is 0 Å². The number of nitrogens with zero attached hydrogens (tertiary/aromatic N) is 1. The third kappa shape index (κ3) is 2.94. The van der Waals surface area contributed by atoms with Crippen molar-refractivity contribution < 1.29 is 14.6 Å². The predicted molar refractivity (Wildman–Crippen MR) is 70.1 cm³/mol. The van der Waals surface area contributed by atoms with Crippen molar-refractivity contribution in [2.75, 3.05) is 26.2 Å². The van der Waals surface area contributed by atoms with Crippen LogP contribution in [-0.4, -0.2) is 48.5 Å². The van der Waals surface area contributed by atoms with Crippen LogP contribution in [0.1, 0.15) is 13.8 Å². The molecule has 0 amide bonds. The average molecular weight is 251 g/mol. The number of rotatable bonds is 5. The smallest absolute Gasteiger partial charge is 0.161 e. The Hall–Kier alpha value is -1.26. The number of para-hydroxylation sites is 2. The second kappa shape index (κ2) is 6.07. The van der Waals surface area contributed by atoms with Gasteiger partial charge in [0.25, 0.3) is 0 Å². The molecule has 1 aliphatic rings. The number of aliphatic hydroxyl groups is 1. The Morgan fingerprint density at radius 3 is 2.61 bits per heavy atom. The highest BCUT2D eigenvalue weighted by Gasteiger charge is 2.28. The van der Waals surface area contributed by atoms with Gasteiger partial charge < -0.3 is 19.5 Å². The zero-order valence-electron chi connectivity index (χ0n) is 11.0. The molecular formula is C14H21NO3. The number of hydrogen-bond donors (Lipinski definition) is 1. The number of fused-ring (bicyclic) bond motifs is 1. The van der Waals surface area contributed by atoms with Gasteiger partial charge in [0, 0.05) is 6.54 Å². The van der Waals surface area contributed by atoms with Gasteiger partial charge in [-0.05, 0) is 25.2 Å². The van der Waals surface area contributed by atoms with Crippen LogP contribution in [0.2, 0.25) is 0 Å². The van der Waals surface area contributed by atoms with Crippen LogP contribution >= 0.6 is 0 Å². The molecule has 1 aliphatic heterocycles. The van der Waals surface area contributed by atoms with E-state index in [1.54, 1.807) is 0 Å². The first kappa shape index (κ1) is 13.2. The molecule has 0 radical (unpaired) electrons. The highest BCUT2D eigenvalue weighted by atomic mass is 16.6. The minimum atomic E-state index is -0.529. The molecule has 0 aliphatic carbocycles. The minimum absolute atomic E-state index is 0.291. The summed E-state index contributed by atoms with van der Waals surface area (Å²) < 4.78 is 11.4. The summed E-state index contributed by atoms with van der Waals surface area (Å²) in [5.74, 6) is 1.47. The lowest BCUT2D eigenvalue weighted by molar-refractivity contribution is -0.0242. The molecule has 4 heteroatoms. The van der Waals surface area contributed by atoms with Crippen LogP contribution in [0.3, 0.4) is 0 Å². The molecule has 1 heterocycles. The number of aliphatic hydroxyl groups excluding tert-OH is 1. The first-order valence-corrected chi connectivity index (χ1v) is 6.53. The Bertz CT molecular complexity index is 379. The minimum Gasteiger partial charge on any atom is -0.486 e. The summed E-state index contributed by atoms with van der Waals surface area (Å²) in [7, 11) is 0. The van der Waals surface area contributed by atoms with E-state index in [-0.39, 0.29) is 6.10 Å². The van der Waals surface area contributed by atoms with Gasteiger partial charge in [-0.3, -0.25) is 0 Å². The molecule has 18 heavy (non-hydrogen) atoms. The second-order valence-corrected chi connectivity index (χ2v) is 4.47. The summed E-state index contributed by atoms with van der Waals surface area (Å²) in [5.41, 5.74) is 0. The van der Waals surface area contributed by atoms with Crippen molar-refractivity contribution in [1.82, 2.24) is 4.90 Å². The third-order valence-electron chi connectivity index (χ3n) is 3.30. The van der Waals surface area contributed by atoms with E-state index in [2.05, 4.69) is 18.7 Å². The van der Waals surface area contributed by atoms with Gasteiger partial charge in [-0.15, -0.1) is 0 Å². The predicted octanol–water partition coefficient (Wildman–Crippen LogP) is 1.53. The molecule has 0 unspecified atom stereocenters. The zero-order chi connectivity index (χ0) is 13.0. The molecule has 1 N–H and O–H groups in total. The standard InChI is InChI=1S/C14H21NO3/c1-3-15(4-2)9-11(16)14-10-17-12-7-5-6-8-13(12)18-14/h5-8,11,14,16H,3-4,9-10H2,1-2H3/t11-,14+/m0/s1. The van der Waals surface area contributed by atoms with E-state index in [9.17, 15) is 5.11 Å². The molecule has 0 saturated heterocycles. The second-order valence-electron chi connectivity index (χ2n) is 4.47. The summed E-state index contributed by atoms with van der Waals surface area (Å²) in [5, 5.41) is 10.2. The maximum Gasteiger partial charge on any atom is 0.161 e. The van der Waals surface area contributed by atoms with E-state index in [1.165, 1.54) is 0 Å². The summed E-state index contributed by atoms with van der Waals surface area (Å²) in [6.45, 7) is 7.05. The van der Waals surface area contributed by atoms with Crippen LogP contribution in [0.5, 0.6) is 11.5 Å². The summed E-state index contributed by atoms with van der Waals surface area (Å²) in [6.07, 6.45) is -0.821. The van der Waals surface area contributed by atoms with Gasteiger partial charge in [0.1, 0.15) is 12.7 Å². The maximum atomic E-state index is 10.2. The van der Waals surface area contributed by atoms with Gasteiger partial charge in [-0.25, -0.2) is 0 Å². The molecule has 4 nitrogen and oxygen atoms in total. The van der Waals surface area contributed by atoms with Gasteiger partial charge >= 0.3 is 0 Å². The molecule has 2 atom stereocenters. The van der Waals surface area contributed by atoms with Crippen molar-refractivity contribution in [1.29, 1.82) is 0 Å². The lowest BCUT2D eigenvalue weighted by Gasteiger charge is -2.32. The van der Waals surface area contributed by atoms with Crippen molar-refractivity contribution in [3.8, 4) is 11.5 Å². The monoisotopic (exact) mass is 251 g/mol. The fourth-order valence-electron chi connectivity index (χ4n) is 2.09. The molecule has 0 spiro atoms. The molecule has 100 valence electrons. The van der Waals surface area contributed by atoms with Crippen LogP contribution in [0.25, 0.3) is 0 Å². The van der Waals surface area contributed by atoms with Crippen LogP contribution in [0.4, 0.5) is 0 Å². The molecule has 2 rings (SSSR count). The third-order valence-corrected chi connectivity index (χ3v) is 3.30. The normalized spacial score (nSPS) is 19.9. The SMILES string of the molecule is CCN(CC)C[C@H](O)[C@H]1COc2ccccc2O1. The fourth-order valence-corrected chi connectivity index (χ4v) is 2.09. The molecular weight excluding hydrogens is 230 g/mol. The number of hydrogen-bond acceptors (Lipinski definition) is 4. The fraction of sp³-hybridized carbons (Fsp3) is 0.571. The molecule has 0 saturated carbocycles. The molecule has 0 bridgehead atoms. The lowest BCUT2D eigenvalue weighted by atomic mass is 10.1. The summed E-state index contributed by atoms with van der Waals surface area (Å²) in [4.78, 5) is 2.18. The van der Waals surface area contributed by atoms with Gasteiger partial charge in [-0.1, -0.05) is 26.0 Å². The molecule has 1 aromatic carbocycles. The van der Waals surface area contributed by atoms with E-state index in [0.717, 1.165) is 18.8 Å². The van der Waals surface area contributed by atoms with Crippen molar-refractivity contribution in [3.05, 3.63) is 24.3 Å². The Labute approximate surface area is 108 Å². The largest absolute Gasteiger partial charge is 0.486 e. The van der Waals surface area contributed by atoms with E-state index in [1.807, 2.05) is 24.3 Å². The number of likely N-dealkylation sites (N-methyl/N-ethyl adjacent to an activating group) is 1. The van der Waals surface area contributed by atoms with E-state index >= 15 is 0 Å². The van der Waals surface area contributed by atoms with Crippen molar-refractivity contribution in [2.45, 2.75) is 26.1 Å². The van der Waals surface area contributed by atoms with Crippen molar-refractivity contribution >= 4 is 0 Å². The van der Waals surface area contributed by atoms with E-state index in [4.69, 9.17) is 9.47 Å². The maximum absolute atomic E-state index is 10.2. The Morgan fingerprint density at radius 2 is 1.94 bits per heavy atom. The first-order chi connectivity index (χ1) is 8.74. The summed E-state index contributed by atoms with van der Waals surface area (Å²) >= 11 is 0. The van der Waals surface area contributed by atoms with Gasteiger partial charge in [0.15, 0.2) is 17.6 Å². The number of benzene rings is 1. The average Bonchev–Trinajstić information content (AvgIpc) is 2.44. The Balaban J connectivity index is 1.96. The van der Waals surface area contributed by atoms with Crippen molar-refractivity contribution in [3.63, 3.8) is 0 Å². The first-order valence-electron chi connectivity index (χ1n) is 6.53. The van der Waals surface area contributed by atoms with E-state index in [0.29, 0.717) is 18.9 Å². The van der Waals surface area contributed by atoms with Crippen LogP contribution < -0.4 is 9.47 Å². The number of ether oxygens (including phenoxy) is 2. The topological polar surface area (TPSA) is 41.9 Å². The van der Waals surface area contributed by atoms with Crippen LogP contribution in [0, 0.1) is 0 Å². The van der Waals surface area contributed by atoms with Crippen LogP contribution in [-0.2, 0) is 0 Å². The van der Waals surface area contributed by atoms with E-state index < -0.39 is 6.10 Å².